The summed E-state index contributed by atoms with van der Waals surface area (Å²) in [5.74, 6) is -0.548. The zero-order valence-electron chi connectivity index (χ0n) is 10.3. The van der Waals surface area contributed by atoms with E-state index < -0.39 is 5.97 Å². The van der Waals surface area contributed by atoms with Crippen molar-refractivity contribution >= 4 is 11.7 Å². The molecule has 0 amide bonds. The third kappa shape index (κ3) is 2.92. The number of carboxylic acids is 1. The minimum absolute atomic E-state index is 0.0632. The highest BCUT2D eigenvalue weighted by molar-refractivity contribution is 5.94. The van der Waals surface area contributed by atoms with E-state index in [9.17, 15) is 4.79 Å². The van der Waals surface area contributed by atoms with Gasteiger partial charge in [0.1, 0.15) is 12.4 Å². The van der Waals surface area contributed by atoms with Crippen LogP contribution in [0.4, 0.5) is 5.69 Å². The molecule has 5 heteroatoms. The van der Waals surface area contributed by atoms with Crippen LogP contribution >= 0.6 is 0 Å². The number of anilines is 1. The summed E-state index contributed by atoms with van der Waals surface area (Å²) in [7, 11) is 0. The standard InChI is InChI=1S/C13H17NO4/c1-8-2-3-10(18-8)7-17-9-4-5-12(14)11(6-9)13(15)16/h4-6,8,10H,2-3,7,14H2,1H3,(H,15,16). The lowest BCUT2D eigenvalue weighted by atomic mass is 10.1. The van der Waals surface area contributed by atoms with Gasteiger partial charge in [-0.2, -0.15) is 0 Å². The van der Waals surface area contributed by atoms with Crippen LogP contribution in [0.3, 0.4) is 0 Å². The van der Waals surface area contributed by atoms with E-state index in [1.165, 1.54) is 12.1 Å². The van der Waals surface area contributed by atoms with Crippen molar-refractivity contribution in [2.45, 2.75) is 32.0 Å². The monoisotopic (exact) mass is 251 g/mol. The molecule has 18 heavy (non-hydrogen) atoms. The summed E-state index contributed by atoms with van der Waals surface area (Å²) in [6.07, 6.45) is 2.38. The number of hydrogen-bond donors (Lipinski definition) is 2. The van der Waals surface area contributed by atoms with Gasteiger partial charge in [0, 0.05) is 5.69 Å². The van der Waals surface area contributed by atoms with Gasteiger partial charge in [0.25, 0.3) is 0 Å². The van der Waals surface area contributed by atoms with Crippen LogP contribution in [0.5, 0.6) is 5.75 Å². The summed E-state index contributed by atoms with van der Waals surface area (Å²) >= 11 is 0. The van der Waals surface area contributed by atoms with E-state index >= 15 is 0 Å². The van der Waals surface area contributed by atoms with Crippen molar-refractivity contribution in [3.8, 4) is 5.75 Å². The van der Waals surface area contributed by atoms with Crippen molar-refractivity contribution in [3.63, 3.8) is 0 Å². The Morgan fingerprint density at radius 3 is 2.94 bits per heavy atom. The lowest BCUT2D eigenvalue weighted by Crippen LogP contribution is -2.18. The quantitative estimate of drug-likeness (QED) is 0.799. The summed E-state index contributed by atoms with van der Waals surface area (Å²) in [4.78, 5) is 10.9. The molecule has 0 radical (unpaired) electrons. The molecule has 2 unspecified atom stereocenters. The SMILES string of the molecule is CC1CCC(COc2ccc(N)c(C(=O)O)c2)O1. The van der Waals surface area contributed by atoms with Crippen LogP contribution in [0.15, 0.2) is 18.2 Å². The van der Waals surface area contributed by atoms with Crippen LogP contribution in [-0.2, 0) is 4.74 Å². The van der Waals surface area contributed by atoms with Gasteiger partial charge < -0.3 is 20.3 Å². The maximum atomic E-state index is 10.9. The van der Waals surface area contributed by atoms with E-state index in [1.54, 1.807) is 6.07 Å². The fourth-order valence-electron chi connectivity index (χ4n) is 2.01. The topological polar surface area (TPSA) is 81.8 Å². The maximum absolute atomic E-state index is 10.9. The Hall–Kier alpha value is -1.75. The first-order valence-corrected chi connectivity index (χ1v) is 5.97. The van der Waals surface area contributed by atoms with Gasteiger partial charge >= 0.3 is 5.97 Å². The average molecular weight is 251 g/mol. The number of ether oxygens (including phenoxy) is 2. The van der Waals surface area contributed by atoms with E-state index in [0.29, 0.717) is 12.4 Å². The number of nitrogen functional groups attached to an aromatic ring is 1. The molecule has 2 rings (SSSR count). The van der Waals surface area contributed by atoms with Gasteiger partial charge in [0.05, 0.1) is 17.8 Å². The summed E-state index contributed by atoms with van der Waals surface area (Å²) in [5.41, 5.74) is 5.87. The van der Waals surface area contributed by atoms with Crippen LogP contribution < -0.4 is 10.5 Å². The molecule has 98 valence electrons. The zero-order chi connectivity index (χ0) is 13.1. The minimum atomic E-state index is -1.05. The van der Waals surface area contributed by atoms with Crippen molar-refractivity contribution < 1.29 is 19.4 Å². The number of aromatic carboxylic acids is 1. The number of hydrogen-bond acceptors (Lipinski definition) is 4. The van der Waals surface area contributed by atoms with Crippen molar-refractivity contribution in [2.75, 3.05) is 12.3 Å². The second-order valence-corrected chi connectivity index (χ2v) is 4.51. The fourth-order valence-corrected chi connectivity index (χ4v) is 2.01. The maximum Gasteiger partial charge on any atom is 0.337 e. The Labute approximate surface area is 106 Å². The number of carboxylic acid groups (broad SMARTS) is 1. The normalized spacial score (nSPS) is 22.9. The summed E-state index contributed by atoms with van der Waals surface area (Å²) in [6, 6.07) is 4.65. The Kier molecular flexibility index (Phi) is 3.72. The summed E-state index contributed by atoms with van der Waals surface area (Å²) < 4.78 is 11.2. The highest BCUT2D eigenvalue weighted by Gasteiger charge is 2.22. The van der Waals surface area contributed by atoms with E-state index in [0.717, 1.165) is 12.8 Å². The molecular weight excluding hydrogens is 234 g/mol. The highest BCUT2D eigenvalue weighted by Crippen LogP contribution is 2.23. The molecule has 0 aromatic heterocycles. The van der Waals surface area contributed by atoms with Crippen LogP contribution in [0.2, 0.25) is 0 Å². The second kappa shape index (κ2) is 5.27. The van der Waals surface area contributed by atoms with Crippen molar-refractivity contribution in [1.29, 1.82) is 0 Å². The Bertz CT molecular complexity index is 447. The number of nitrogens with two attached hydrogens (primary N) is 1. The first-order valence-electron chi connectivity index (χ1n) is 5.97. The minimum Gasteiger partial charge on any atom is -0.491 e. The van der Waals surface area contributed by atoms with Crippen LogP contribution in [0, 0.1) is 0 Å². The molecular formula is C13H17NO4. The Morgan fingerprint density at radius 2 is 2.33 bits per heavy atom. The van der Waals surface area contributed by atoms with E-state index in [2.05, 4.69) is 0 Å². The van der Waals surface area contributed by atoms with Gasteiger partial charge in [0.15, 0.2) is 0 Å². The summed E-state index contributed by atoms with van der Waals surface area (Å²) in [5, 5.41) is 8.94. The van der Waals surface area contributed by atoms with Crippen molar-refractivity contribution in [1.82, 2.24) is 0 Å². The van der Waals surface area contributed by atoms with Crippen LogP contribution in [-0.4, -0.2) is 29.9 Å². The van der Waals surface area contributed by atoms with E-state index in [4.69, 9.17) is 20.3 Å². The lowest BCUT2D eigenvalue weighted by Gasteiger charge is -2.13. The average Bonchev–Trinajstić information content (AvgIpc) is 2.74. The number of benzene rings is 1. The molecule has 1 saturated heterocycles. The molecule has 1 aliphatic heterocycles. The van der Waals surface area contributed by atoms with Crippen LogP contribution in [0.1, 0.15) is 30.1 Å². The van der Waals surface area contributed by atoms with E-state index in [1.807, 2.05) is 6.92 Å². The van der Waals surface area contributed by atoms with Gasteiger partial charge in [0.2, 0.25) is 0 Å². The summed E-state index contributed by atoms with van der Waals surface area (Å²) in [6.45, 7) is 2.47. The van der Waals surface area contributed by atoms with Gasteiger partial charge in [-0.05, 0) is 38.0 Å². The second-order valence-electron chi connectivity index (χ2n) is 4.51. The largest absolute Gasteiger partial charge is 0.491 e. The third-order valence-corrected chi connectivity index (χ3v) is 3.01. The van der Waals surface area contributed by atoms with E-state index in [-0.39, 0.29) is 23.5 Å². The molecule has 0 saturated carbocycles. The smallest absolute Gasteiger partial charge is 0.337 e. The van der Waals surface area contributed by atoms with Gasteiger partial charge in [-0.25, -0.2) is 4.79 Å². The molecule has 1 fully saturated rings. The van der Waals surface area contributed by atoms with Crippen molar-refractivity contribution in [2.24, 2.45) is 0 Å². The van der Waals surface area contributed by atoms with Gasteiger partial charge in [-0.3, -0.25) is 0 Å². The predicted molar refractivity (Wildman–Crippen MR) is 66.9 cm³/mol. The van der Waals surface area contributed by atoms with Crippen molar-refractivity contribution in [3.05, 3.63) is 23.8 Å². The Balaban J connectivity index is 1.97. The third-order valence-electron chi connectivity index (χ3n) is 3.01. The fraction of sp³-hybridized carbons (Fsp3) is 0.462. The predicted octanol–water partition coefficient (Wildman–Crippen LogP) is 1.91. The number of rotatable bonds is 4. The molecule has 1 aromatic rings. The molecule has 0 spiro atoms. The molecule has 1 aromatic carbocycles. The van der Waals surface area contributed by atoms with Gasteiger partial charge in [-0.1, -0.05) is 0 Å². The molecule has 0 aliphatic carbocycles. The first kappa shape index (κ1) is 12.7. The highest BCUT2D eigenvalue weighted by atomic mass is 16.5. The molecule has 0 bridgehead atoms. The van der Waals surface area contributed by atoms with Crippen LogP contribution in [0.25, 0.3) is 0 Å². The molecule has 1 aliphatic rings. The lowest BCUT2D eigenvalue weighted by molar-refractivity contribution is 0.0264. The zero-order valence-corrected chi connectivity index (χ0v) is 10.3. The molecule has 3 N–H and O–H groups in total. The molecule has 1 heterocycles. The van der Waals surface area contributed by atoms with Gasteiger partial charge in [-0.15, -0.1) is 0 Å². The number of carbonyl (C=O) groups is 1. The Morgan fingerprint density at radius 1 is 1.56 bits per heavy atom. The first-order chi connectivity index (χ1) is 8.56. The molecule has 5 nitrogen and oxygen atoms in total. The molecule has 2 atom stereocenters.